The van der Waals surface area contributed by atoms with Gasteiger partial charge in [-0.2, -0.15) is 5.10 Å². The fraction of sp³-hybridized carbons (Fsp3) is 0.158. The molecule has 0 aliphatic rings. The summed E-state index contributed by atoms with van der Waals surface area (Å²) in [4.78, 5) is 12.4. The quantitative estimate of drug-likeness (QED) is 0.585. The smallest absolute Gasteiger partial charge is 0.307 e. The van der Waals surface area contributed by atoms with Crippen molar-refractivity contribution in [1.29, 1.82) is 0 Å². The van der Waals surface area contributed by atoms with Gasteiger partial charge < -0.3 is 9.15 Å². The van der Waals surface area contributed by atoms with Crippen LogP contribution in [0.25, 0.3) is 11.0 Å². The number of benzene rings is 2. The van der Waals surface area contributed by atoms with Gasteiger partial charge in [-0.1, -0.05) is 30.3 Å². The van der Waals surface area contributed by atoms with Gasteiger partial charge in [0.15, 0.2) is 5.76 Å². The number of hydrogen-bond donors (Lipinski definition) is 1. The average Bonchev–Trinajstić information content (AvgIpc) is 2.96. The monoisotopic (exact) mass is 322 g/mol. The fourth-order valence-corrected chi connectivity index (χ4v) is 2.49. The third-order valence-corrected chi connectivity index (χ3v) is 3.86. The highest BCUT2D eigenvalue weighted by Crippen LogP contribution is 2.24. The zero-order valence-electron chi connectivity index (χ0n) is 13.8. The largest absolute Gasteiger partial charge is 0.497 e. The van der Waals surface area contributed by atoms with E-state index < -0.39 is 0 Å². The number of carbonyl (C=O) groups is 1. The van der Waals surface area contributed by atoms with Gasteiger partial charge in [-0.05, 0) is 32.0 Å². The normalized spacial score (nSPS) is 11.5. The van der Waals surface area contributed by atoms with E-state index in [4.69, 9.17) is 9.15 Å². The lowest BCUT2D eigenvalue weighted by molar-refractivity contribution is 0.0928. The van der Waals surface area contributed by atoms with Crippen LogP contribution in [0.5, 0.6) is 5.75 Å². The van der Waals surface area contributed by atoms with E-state index in [1.807, 2.05) is 62.4 Å². The van der Waals surface area contributed by atoms with Crippen LogP contribution in [0.4, 0.5) is 0 Å². The molecule has 0 radical (unpaired) electrons. The van der Waals surface area contributed by atoms with Gasteiger partial charge in [0.25, 0.3) is 0 Å². The highest BCUT2D eigenvalue weighted by atomic mass is 16.5. The molecule has 3 rings (SSSR count). The molecule has 5 heteroatoms. The van der Waals surface area contributed by atoms with Gasteiger partial charge in [-0.25, -0.2) is 5.43 Å². The number of nitrogens with zero attached hydrogens (tertiary/aromatic N) is 1. The van der Waals surface area contributed by atoms with Gasteiger partial charge in [-0.3, -0.25) is 4.79 Å². The van der Waals surface area contributed by atoms with Crippen molar-refractivity contribution >= 4 is 22.6 Å². The predicted octanol–water partition coefficient (Wildman–Crippen LogP) is 3.90. The number of hydrogen-bond acceptors (Lipinski definition) is 4. The Labute approximate surface area is 139 Å². The maximum atomic E-state index is 12.4. The van der Waals surface area contributed by atoms with E-state index in [1.165, 1.54) is 0 Å². The number of hydrazone groups is 1. The average molecular weight is 322 g/mol. The van der Waals surface area contributed by atoms with E-state index in [0.29, 0.717) is 11.3 Å². The first-order valence-corrected chi connectivity index (χ1v) is 7.57. The van der Waals surface area contributed by atoms with E-state index in [2.05, 4.69) is 10.5 Å². The van der Waals surface area contributed by atoms with E-state index in [1.54, 1.807) is 7.11 Å². The van der Waals surface area contributed by atoms with Crippen molar-refractivity contribution in [2.45, 2.75) is 13.8 Å². The Morgan fingerprint density at radius 2 is 1.96 bits per heavy atom. The van der Waals surface area contributed by atoms with Gasteiger partial charge >= 0.3 is 5.91 Å². The molecule has 0 saturated carbocycles. The van der Waals surface area contributed by atoms with Crippen molar-refractivity contribution in [3.63, 3.8) is 0 Å². The summed E-state index contributed by atoms with van der Waals surface area (Å²) in [5.74, 6) is 0.644. The molecule has 0 bridgehead atoms. The number of aryl methyl sites for hydroxylation is 1. The highest BCUT2D eigenvalue weighted by molar-refractivity contribution is 6.02. The van der Waals surface area contributed by atoms with Crippen LogP contribution in [0.15, 0.2) is 58.0 Å². The van der Waals surface area contributed by atoms with Crippen molar-refractivity contribution in [3.8, 4) is 5.75 Å². The second kappa shape index (κ2) is 6.58. The Morgan fingerprint density at radius 3 is 2.71 bits per heavy atom. The molecule has 1 heterocycles. The molecule has 0 atom stereocenters. The van der Waals surface area contributed by atoms with Gasteiger partial charge in [0, 0.05) is 16.5 Å². The summed E-state index contributed by atoms with van der Waals surface area (Å²) >= 11 is 0. The molecule has 1 amide bonds. The van der Waals surface area contributed by atoms with Crippen LogP contribution in [-0.2, 0) is 0 Å². The van der Waals surface area contributed by atoms with Crippen molar-refractivity contribution in [1.82, 2.24) is 5.43 Å². The van der Waals surface area contributed by atoms with Gasteiger partial charge in [-0.15, -0.1) is 0 Å². The Kier molecular flexibility index (Phi) is 4.33. The molecule has 0 saturated heterocycles. The number of amides is 1. The van der Waals surface area contributed by atoms with E-state index in [0.717, 1.165) is 22.3 Å². The molecule has 1 aromatic heterocycles. The molecule has 0 unspecified atom stereocenters. The van der Waals surface area contributed by atoms with Crippen molar-refractivity contribution in [2.75, 3.05) is 7.11 Å². The first-order chi connectivity index (χ1) is 11.6. The highest BCUT2D eigenvalue weighted by Gasteiger charge is 2.17. The Bertz CT molecular complexity index is 925. The minimum atomic E-state index is -0.369. The van der Waals surface area contributed by atoms with Crippen LogP contribution >= 0.6 is 0 Å². The van der Waals surface area contributed by atoms with Crippen molar-refractivity contribution in [2.24, 2.45) is 5.10 Å². The summed E-state index contributed by atoms with van der Waals surface area (Å²) < 4.78 is 10.8. The Hall–Kier alpha value is -3.08. The van der Waals surface area contributed by atoms with Crippen LogP contribution in [-0.4, -0.2) is 18.7 Å². The molecular formula is C19H18N2O3. The van der Waals surface area contributed by atoms with E-state index in [9.17, 15) is 4.79 Å². The molecule has 122 valence electrons. The molecule has 5 nitrogen and oxygen atoms in total. The maximum Gasteiger partial charge on any atom is 0.307 e. The standard InChI is InChI=1S/C19H18N2O3/c1-12-16-9-4-5-10-17(16)24-18(12)19(22)21-20-13(2)14-7-6-8-15(11-14)23-3/h4-11H,1-3H3,(H,21,22)/b20-13-. The van der Waals surface area contributed by atoms with Crippen molar-refractivity contribution in [3.05, 3.63) is 65.4 Å². The number of ether oxygens (including phenoxy) is 1. The Morgan fingerprint density at radius 1 is 1.17 bits per heavy atom. The molecular weight excluding hydrogens is 304 g/mol. The van der Waals surface area contributed by atoms with E-state index in [-0.39, 0.29) is 11.7 Å². The number of rotatable bonds is 4. The maximum absolute atomic E-state index is 12.4. The van der Waals surface area contributed by atoms with Gasteiger partial charge in [0.2, 0.25) is 0 Å². The molecule has 24 heavy (non-hydrogen) atoms. The molecule has 2 aromatic carbocycles. The zero-order chi connectivity index (χ0) is 17.1. The minimum absolute atomic E-state index is 0.276. The topological polar surface area (TPSA) is 63.8 Å². The zero-order valence-corrected chi connectivity index (χ0v) is 13.8. The summed E-state index contributed by atoms with van der Waals surface area (Å²) in [6.07, 6.45) is 0. The van der Waals surface area contributed by atoms with Crippen LogP contribution in [0.2, 0.25) is 0 Å². The molecule has 0 fully saturated rings. The lowest BCUT2D eigenvalue weighted by atomic mass is 10.1. The molecule has 0 aliphatic heterocycles. The number of nitrogens with one attached hydrogen (secondary N) is 1. The summed E-state index contributed by atoms with van der Waals surface area (Å²) in [5, 5.41) is 5.09. The first-order valence-electron chi connectivity index (χ1n) is 7.57. The second-order valence-electron chi connectivity index (χ2n) is 5.42. The molecule has 0 aliphatic carbocycles. The summed E-state index contributed by atoms with van der Waals surface area (Å²) in [6, 6.07) is 15.0. The second-order valence-corrected chi connectivity index (χ2v) is 5.42. The number of fused-ring (bicyclic) bond motifs is 1. The summed E-state index contributed by atoms with van der Waals surface area (Å²) in [6.45, 7) is 3.68. The predicted molar refractivity (Wildman–Crippen MR) is 93.6 cm³/mol. The minimum Gasteiger partial charge on any atom is -0.497 e. The van der Waals surface area contributed by atoms with Gasteiger partial charge in [0.05, 0.1) is 12.8 Å². The first kappa shape index (κ1) is 15.8. The Balaban J connectivity index is 1.82. The van der Waals surface area contributed by atoms with Crippen LogP contribution < -0.4 is 10.2 Å². The summed E-state index contributed by atoms with van der Waals surface area (Å²) in [5.41, 5.74) is 5.59. The van der Waals surface area contributed by atoms with Crippen molar-refractivity contribution < 1.29 is 13.9 Å². The third-order valence-electron chi connectivity index (χ3n) is 3.86. The van der Waals surface area contributed by atoms with E-state index >= 15 is 0 Å². The molecule has 1 N–H and O–H groups in total. The lowest BCUT2D eigenvalue weighted by Gasteiger charge is -2.04. The summed E-state index contributed by atoms with van der Waals surface area (Å²) in [7, 11) is 1.61. The number of furan rings is 1. The SMILES string of the molecule is COc1cccc(/C(C)=N\NC(=O)c2oc3ccccc3c2C)c1. The lowest BCUT2D eigenvalue weighted by Crippen LogP contribution is -2.19. The number of carbonyl (C=O) groups excluding carboxylic acids is 1. The molecule has 3 aromatic rings. The van der Waals surface area contributed by atoms with Crippen LogP contribution in [0.1, 0.15) is 28.6 Å². The third kappa shape index (κ3) is 3.01. The van der Waals surface area contributed by atoms with Crippen LogP contribution in [0, 0.1) is 6.92 Å². The van der Waals surface area contributed by atoms with Crippen LogP contribution in [0.3, 0.4) is 0 Å². The number of methoxy groups -OCH3 is 1. The molecule has 0 spiro atoms. The fourth-order valence-electron chi connectivity index (χ4n) is 2.49. The van der Waals surface area contributed by atoms with Gasteiger partial charge in [0.1, 0.15) is 11.3 Å². The number of para-hydroxylation sites is 1.